The van der Waals surface area contributed by atoms with E-state index in [1.807, 2.05) is 6.92 Å². The van der Waals surface area contributed by atoms with Gasteiger partial charge in [-0.15, -0.1) is 0 Å². The quantitative estimate of drug-likeness (QED) is 0.283. The van der Waals surface area contributed by atoms with Gasteiger partial charge in [0.05, 0.1) is 0 Å². The molecule has 0 aromatic rings. The Morgan fingerprint density at radius 1 is 1.00 bits per heavy atom. The van der Waals surface area contributed by atoms with Crippen LogP contribution in [0.4, 0.5) is 0 Å². The Balaban J connectivity index is -0.0000000622. The number of carboxylic acids is 2. The molecular weight excluding hydrogens is 296 g/mol. The molecule has 0 radical (unpaired) electrons. The molecule has 6 nitrogen and oxygen atoms in total. The molecule has 0 aliphatic rings. The summed E-state index contributed by atoms with van der Waals surface area (Å²) < 4.78 is 5.21. The van der Waals surface area contributed by atoms with E-state index in [-0.39, 0.29) is 78.2 Å². The van der Waals surface area contributed by atoms with E-state index >= 15 is 0 Å². The number of ether oxygens (including phenoxy) is 1. The zero-order chi connectivity index (χ0) is 15.7. The Bertz CT molecular complexity index is 205. The third-order valence-corrected chi connectivity index (χ3v) is 1.81. The van der Waals surface area contributed by atoms with E-state index in [9.17, 15) is 19.8 Å². The average Bonchev–Trinajstić information content (AvgIpc) is 2.40. The topological polar surface area (TPSA) is 116 Å². The molecule has 0 fully saturated rings. The molecule has 0 bridgehead atoms. The van der Waals surface area contributed by atoms with Crippen molar-refractivity contribution in [3.63, 3.8) is 0 Å². The fraction of sp³-hybridized carbons (Fsp3) is 0.846. The number of carbonyl (C=O) groups is 2. The van der Waals surface area contributed by atoms with Crippen LogP contribution in [0.25, 0.3) is 0 Å². The maximum atomic E-state index is 9.26. The molecule has 0 saturated carbocycles. The first-order valence-corrected chi connectivity index (χ1v) is 6.62. The Morgan fingerprint density at radius 2 is 1.33 bits per heavy atom. The van der Waals surface area contributed by atoms with Gasteiger partial charge in [-0.05, 0) is 25.7 Å². The molecule has 0 aliphatic carbocycles. The van der Waals surface area contributed by atoms with Crippen LogP contribution in [0.1, 0.15) is 59.8 Å². The summed E-state index contributed by atoms with van der Waals surface area (Å²) in [6.07, 6.45) is 3.38. The number of carbonyl (C=O) groups excluding carboxylic acids is 2. The number of aliphatic carboxylic acids is 2. The third-order valence-electron chi connectivity index (χ3n) is 1.81. The molecule has 0 heterocycles. The number of nitrogens with two attached hydrogens (primary N) is 1. The van der Waals surface area contributed by atoms with Gasteiger partial charge in [0.15, 0.2) is 0 Å². The second-order valence-corrected chi connectivity index (χ2v) is 3.62. The third kappa shape index (κ3) is 52.8. The Kier molecular flexibility index (Phi) is 46.1. The van der Waals surface area contributed by atoms with Crippen LogP contribution in [0.2, 0.25) is 0 Å². The molecular formula is C13H27NNa2O5. The molecule has 116 valence electrons. The van der Waals surface area contributed by atoms with Gasteiger partial charge in [-0.3, -0.25) is 0 Å². The van der Waals surface area contributed by atoms with Crippen LogP contribution in [-0.4, -0.2) is 24.8 Å². The SMILES string of the molecule is CCC(=O)[O-].CCC(=O)[O-].CCCCOC(N)CC.[Na+].[Na+]. The molecule has 0 aliphatic heterocycles. The molecule has 8 heteroatoms. The molecule has 0 amide bonds. The summed E-state index contributed by atoms with van der Waals surface area (Å²) in [7, 11) is 0. The number of unbranched alkanes of at least 4 members (excludes halogenated alkanes) is 1. The molecule has 2 N–H and O–H groups in total. The predicted octanol–water partition coefficient (Wildman–Crippen LogP) is -6.20. The summed E-state index contributed by atoms with van der Waals surface area (Å²) >= 11 is 0. The summed E-state index contributed by atoms with van der Waals surface area (Å²) in [5.74, 6) is -1.99. The van der Waals surface area contributed by atoms with Gasteiger partial charge in [0.25, 0.3) is 0 Å². The molecule has 0 aromatic heterocycles. The van der Waals surface area contributed by atoms with Crippen LogP contribution in [0.15, 0.2) is 0 Å². The predicted molar refractivity (Wildman–Crippen MR) is 69.7 cm³/mol. The van der Waals surface area contributed by atoms with Gasteiger partial charge in [0.2, 0.25) is 0 Å². The maximum Gasteiger partial charge on any atom is 1.00 e. The second-order valence-electron chi connectivity index (χ2n) is 3.62. The Morgan fingerprint density at radius 3 is 1.52 bits per heavy atom. The summed E-state index contributed by atoms with van der Waals surface area (Å²) in [4.78, 5) is 18.5. The van der Waals surface area contributed by atoms with Gasteiger partial charge in [0, 0.05) is 18.5 Å². The van der Waals surface area contributed by atoms with Gasteiger partial charge in [-0.2, -0.15) is 0 Å². The zero-order valence-corrected chi connectivity index (χ0v) is 18.4. The van der Waals surface area contributed by atoms with Crippen molar-refractivity contribution >= 4 is 11.9 Å². The number of rotatable bonds is 7. The largest absolute Gasteiger partial charge is 1.00 e. The molecule has 21 heavy (non-hydrogen) atoms. The molecule has 0 saturated heterocycles. The van der Waals surface area contributed by atoms with Gasteiger partial charge >= 0.3 is 59.1 Å². The van der Waals surface area contributed by atoms with E-state index < -0.39 is 11.9 Å². The molecule has 0 rings (SSSR count). The average molecular weight is 323 g/mol. The molecule has 1 unspecified atom stereocenters. The minimum Gasteiger partial charge on any atom is -0.550 e. The fourth-order valence-electron chi connectivity index (χ4n) is 0.497. The maximum absolute atomic E-state index is 9.26. The number of hydrogen-bond donors (Lipinski definition) is 1. The van der Waals surface area contributed by atoms with Crippen LogP contribution in [0, 0.1) is 0 Å². The van der Waals surface area contributed by atoms with Crippen molar-refractivity contribution in [1.29, 1.82) is 0 Å². The Hall–Kier alpha value is 0.860. The van der Waals surface area contributed by atoms with Crippen LogP contribution in [-0.2, 0) is 14.3 Å². The van der Waals surface area contributed by atoms with Crippen molar-refractivity contribution < 1.29 is 83.7 Å². The first-order valence-electron chi connectivity index (χ1n) is 6.62. The van der Waals surface area contributed by atoms with Crippen LogP contribution >= 0.6 is 0 Å². The smallest absolute Gasteiger partial charge is 0.550 e. The van der Waals surface area contributed by atoms with E-state index in [0.717, 1.165) is 19.4 Å². The van der Waals surface area contributed by atoms with Gasteiger partial charge in [0.1, 0.15) is 6.23 Å². The van der Waals surface area contributed by atoms with E-state index in [4.69, 9.17) is 10.5 Å². The van der Waals surface area contributed by atoms with Crippen molar-refractivity contribution in [3.05, 3.63) is 0 Å². The minimum atomic E-state index is -0.995. The number of hydrogen-bond acceptors (Lipinski definition) is 6. The minimum absolute atomic E-state index is 0. The molecule has 0 aromatic carbocycles. The standard InChI is InChI=1S/C7H17NO.2C3H6O2.2Na/c1-3-5-6-9-7(8)4-2;2*1-2-3(4)5;;/h7H,3-6,8H2,1-2H3;2*2H2,1H3,(H,4,5);;/q;;;2*+1/p-2. The van der Waals surface area contributed by atoms with Crippen molar-refractivity contribution in [3.8, 4) is 0 Å². The van der Waals surface area contributed by atoms with Gasteiger partial charge in [-0.25, -0.2) is 0 Å². The number of carboxylic acid groups (broad SMARTS) is 2. The van der Waals surface area contributed by atoms with Gasteiger partial charge in [-0.1, -0.05) is 34.1 Å². The normalized spacial score (nSPS) is 9.38. The van der Waals surface area contributed by atoms with Gasteiger partial charge < -0.3 is 30.3 Å². The molecule has 0 spiro atoms. The Labute approximate surface area is 172 Å². The fourth-order valence-corrected chi connectivity index (χ4v) is 0.497. The van der Waals surface area contributed by atoms with E-state index in [1.165, 1.54) is 20.3 Å². The van der Waals surface area contributed by atoms with E-state index in [2.05, 4.69) is 6.92 Å². The molecule has 1 atom stereocenters. The first-order chi connectivity index (χ1) is 8.85. The zero-order valence-electron chi connectivity index (χ0n) is 14.4. The second kappa shape index (κ2) is 28.9. The monoisotopic (exact) mass is 323 g/mol. The summed E-state index contributed by atoms with van der Waals surface area (Å²) in [6.45, 7) is 8.05. The van der Waals surface area contributed by atoms with Crippen LogP contribution in [0.5, 0.6) is 0 Å². The summed E-state index contributed by atoms with van der Waals surface area (Å²) in [5, 5.41) is 18.5. The van der Waals surface area contributed by atoms with Crippen molar-refractivity contribution in [1.82, 2.24) is 0 Å². The summed E-state index contributed by atoms with van der Waals surface area (Å²) in [6, 6.07) is 0. The van der Waals surface area contributed by atoms with Crippen LogP contribution in [0.3, 0.4) is 0 Å². The van der Waals surface area contributed by atoms with Crippen molar-refractivity contribution in [2.24, 2.45) is 5.73 Å². The van der Waals surface area contributed by atoms with E-state index in [0.29, 0.717) is 0 Å². The van der Waals surface area contributed by atoms with E-state index in [1.54, 1.807) is 0 Å². The van der Waals surface area contributed by atoms with Crippen molar-refractivity contribution in [2.75, 3.05) is 6.61 Å². The van der Waals surface area contributed by atoms with Crippen molar-refractivity contribution in [2.45, 2.75) is 66.0 Å². The first kappa shape index (κ1) is 33.5. The summed E-state index contributed by atoms with van der Waals surface area (Å²) in [5.41, 5.74) is 5.49. The van der Waals surface area contributed by atoms with Crippen LogP contribution < -0.4 is 75.1 Å².